The second-order valence-corrected chi connectivity index (χ2v) is 2.17. The van der Waals surface area contributed by atoms with Gasteiger partial charge >= 0.3 is 0 Å². The Kier molecular flexibility index (Phi) is 2.45. The van der Waals surface area contributed by atoms with Gasteiger partial charge in [0.15, 0.2) is 0 Å². The number of aromatic amines is 1. The van der Waals surface area contributed by atoms with Gasteiger partial charge in [-0.2, -0.15) is 5.10 Å². The molecule has 1 rings (SSSR count). The zero-order valence-corrected chi connectivity index (χ0v) is 6.35. The first-order valence-electron chi connectivity index (χ1n) is 3.39. The van der Waals surface area contributed by atoms with Crippen LogP contribution in [0.5, 0.6) is 0 Å². The van der Waals surface area contributed by atoms with Gasteiger partial charge in [0.25, 0.3) is 0 Å². The van der Waals surface area contributed by atoms with Crippen LogP contribution in [0.3, 0.4) is 0 Å². The van der Waals surface area contributed by atoms with E-state index in [1.54, 1.807) is 7.11 Å². The summed E-state index contributed by atoms with van der Waals surface area (Å²) in [5, 5.41) is 6.93. The molecule has 1 aromatic heterocycles. The minimum atomic E-state index is 0.618. The van der Waals surface area contributed by atoms with Crippen LogP contribution in [0, 0.1) is 0 Å². The van der Waals surface area contributed by atoms with E-state index in [0.29, 0.717) is 6.61 Å². The fraction of sp³-hybridized carbons (Fsp3) is 0.571. The van der Waals surface area contributed by atoms with Gasteiger partial charge in [-0.1, -0.05) is 6.92 Å². The van der Waals surface area contributed by atoms with E-state index in [9.17, 15) is 0 Å². The molecule has 0 fully saturated rings. The molecule has 0 bridgehead atoms. The smallest absolute Gasteiger partial charge is 0.0878 e. The molecule has 0 unspecified atom stereocenters. The molecular weight excluding hydrogens is 128 g/mol. The average Bonchev–Trinajstić information content (AvgIpc) is 2.37. The summed E-state index contributed by atoms with van der Waals surface area (Å²) < 4.78 is 4.91. The molecule has 1 N–H and O–H groups in total. The Balaban J connectivity index is 2.59. The summed E-state index contributed by atoms with van der Waals surface area (Å²) >= 11 is 0. The van der Waals surface area contributed by atoms with Crippen molar-refractivity contribution in [3.63, 3.8) is 0 Å². The molecule has 0 aliphatic rings. The fourth-order valence-electron chi connectivity index (χ4n) is 0.820. The molecule has 3 nitrogen and oxygen atoms in total. The first-order chi connectivity index (χ1) is 4.86. The number of H-pyrrole nitrogens is 1. The van der Waals surface area contributed by atoms with Gasteiger partial charge in [0.2, 0.25) is 0 Å². The summed E-state index contributed by atoms with van der Waals surface area (Å²) in [7, 11) is 1.67. The van der Waals surface area contributed by atoms with E-state index in [1.807, 2.05) is 6.07 Å². The lowest BCUT2D eigenvalue weighted by Crippen LogP contribution is -1.85. The normalized spacial score (nSPS) is 10.2. The minimum absolute atomic E-state index is 0.618. The molecule has 1 heterocycles. The number of methoxy groups -OCH3 is 1. The highest BCUT2D eigenvalue weighted by atomic mass is 16.5. The largest absolute Gasteiger partial charge is 0.378 e. The molecule has 0 saturated carbocycles. The summed E-state index contributed by atoms with van der Waals surface area (Å²) in [6.07, 6.45) is 0.972. The SMILES string of the molecule is CCc1cc(COC)[nH]n1. The number of nitrogens with one attached hydrogen (secondary N) is 1. The second-order valence-electron chi connectivity index (χ2n) is 2.17. The van der Waals surface area contributed by atoms with Crippen molar-refractivity contribution in [2.45, 2.75) is 20.0 Å². The molecule has 0 aliphatic carbocycles. The van der Waals surface area contributed by atoms with Crippen LogP contribution in [-0.2, 0) is 17.8 Å². The van der Waals surface area contributed by atoms with Crippen LogP contribution < -0.4 is 0 Å². The average molecular weight is 140 g/mol. The maximum atomic E-state index is 4.91. The molecule has 0 aromatic carbocycles. The van der Waals surface area contributed by atoms with E-state index in [1.165, 1.54) is 0 Å². The number of hydrogen-bond acceptors (Lipinski definition) is 2. The van der Waals surface area contributed by atoms with Crippen LogP contribution in [0.1, 0.15) is 18.3 Å². The van der Waals surface area contributed by atoms with E-state index < -0.39 is 0 Å². The second kappa shape index (κ2) is 3.37. The molecule has 0 aliphatic heterocycles. The van der Waals surface area contributed by atoms with Gasteiger partial charge in [-0.25, -0.2) is 0 Å². The van der Waals surface area contributed by atoms with Crippen molar-refractivity contribution in [2.75, 3.05) is 7.11 Å². The lowest BCUT2D eigenvalue weighted by Gasteiger charge is -1.89. The molecule has 56 valence electrons. The van der Waals surface area contributed by atoms with E-state index in [2.05, 4.69) is 17.1 Å². The van der Waals surface area contributed by atoms with E-state index in [-0.39, 0.29) is 0 Å². The Morgan fingerprint density at radius 2 is 2.50 bits per heavy atom. The Hall–Kier alpha value is -0.830. The van der Waals surface area contributed by atoms with Crippen molar-refractivity contribution in [1.29, 1.82) is 0 Å². The highest BCUT2D eigenvalue weighted by Gasteiger charge is 1.96. The number of hydrogen-bond donors (Lipinski definition) is 1. The highest BCUT2D eigenvalue weighted by molar-refractivity contribution is 5.07. The number of rotatable bonds is 3. The molecule has 0 amide bonds. The Morgan fingerprint density at radius 1 is 1.70 bits per heavy atom. The van der Waals surface area contributed by atoms with Crippen LogP contribution >= 0.6 is 0 Å². The molecule has 0 saturated heterocycles. The minimum Gasteiger partial charge on any atom is -0.378 e. The predicted octanol–water partition coefficient (Wildman–Crippen LogP) is 1.12. The summed E-state index contributed by atoms with van der Waals surface area (Å²) in [4.78, 5) is 0. The van der Waals surface area contributed by atoms with Crippen molar-refractivity contribution in [3.05, 3.63) is 17.5 Å². The first kappa shape index (κ1) is 7.28. The lowest BCUT2D eigenvalue weighted by atomic mass is 10.3. The summed E-state index contributed by atoms with van der Waals surface area (Å²) in [6, 6.07) is 2.02. The predicted molar refractivity (Wildman–Crippen MR) is 38.7 cm³/mol. The number of aryl methyl sites for hydroxylation is 1. The highest BCUT2D eigenvalue weighted by Crippen LogP contribution is 2.00. The molecule has 0 spiro atoms. The van der Waals surface area contributed by atoms with Crippen molar-refractivity contribution in [2.24, 2.45) is 0 Å². The quantitative estimate of drug-likeness (QED) is 0.683. The van der Waals surface area contributed by atoms with Crippen LogP contribution in [0.15, 0.2) is 6.07 Å². The Morgan fingerprint density at radius 3 is 3.00 bits per heavy atom. The van der Waals surface area contributed by atoms with Crippen LogP contribution in [0.25, 0.3) is 0 Å². The molecule has 0 atom stereocenters. The van der Waals surface area contributed by atoms with E-state index >= 15 is 0 Å². The molecule has 10 heavy (non-hydrogen) atoms. The maximum Gasteiger partial charge on any atom is 0.0878 e. The van der Waals surface area contributed by atoms with Crippen molar-refractivity contribution >= 4 is 0 Å². The molecule has 3 heteroatoms. The zero-order valence-electron chi connectivity index (χ0n) is 6.35. The fourth-order valence-corrected chi connectivity index (χ4v) is 0.820. The summed E-state index contributed by atoms with van der Waals surface area (Å²) in [6.45, 7) is 2.69. The van der Waals surface area contributed by atoms with Gasteiger partial charge in [0, 0.05) is 7.11 Å². The van der Waals surface area contributed by atoms with Gasteiger partial charge < -0.3 is 4.74 Å². The van der Waals surface area contributed by atoms with Crippen LogP contribution in [0.2, 0.25) is 0 Å². The van der Waals surface area contributed by atoms with Crippen molar-refractivity contribution in [3.8, 4) is 0 Å². The van der Waals surface area contributed by atoms with Crippen molar-refractivity contribution < 1.29 is 4.74 Å². The Labute approximate surface area is 60.4 Å². The van der Waals surface area contributed by atoms with E-state index in [0.717, 1.165) is 17.8 Å². The number of nitrogens with zero attached hydrogens (tertiary/aromatic N) is 1. The molecular formula is C7H12N2O. The van der Waals surface area contributed by atoms with Gasteiger partial charge in [-0.05, 0) is 12.5 Å². The van der Waals surface area contributed by atoms with Gasteiger partial charge in [-0.15, -0.1) is 0 Å². The monoisotopic (exact) mass is 140 g/mol. The van der Waals surface area contributed by atoms with Crippen molar-refractivity contribution in [1.82, 2.24) is 10.2 Å². The number of aromatic nitrogens is 2. The van der Waals surface area contributed by atoms with Crippen LogP contribution in [0.4, 0.5) is 0 Å². The Bertz CT molecular complexity index is 195. The first-order valence-corrected chi connectivity index (χ1v) is 3.39. The van der Waals surface area contributed by atoms with E-state index in [4.69, 9.17) is 4.74 Å². The summed E-state index contributed by atoms with van der Waals surface area (Å²) in [5.74, 6) is 0. The third kappa shape index (κ3) is 1.57. The molecule has 0 radical (unpaired) electrons. The van der Waals surface area contributed by atoms with Gasteiger partial charge in [0.05, 0.1) is 18.0 Å². The lowest BCUT2D eigenvalue weighted by molar-refractivity contribution is 0.181. The summed E-state index contributed by atoms with van der Waals surface area (Å²) in [5.41, 5.74) is 2.13. The zero-order chi connectivity index (χ0) is 7.40. The number of ether oxygens (including phenoxy) is 1. The third-order valence-corrected chi connectivity index (χ3v) is 1.35. The van der Waals surface area contributed by atoms with Crippen LogP contribution in [-0.4, -0.2) is 17.3 Å². The van der Waals surface area contributed by atoms with Gasteiger partial charge in [0.1, 0.15) is 0 Å². The topological polar surface area (TPSA) is 37.9 Å². The standard InChI is InChI=1S/C7H12N2O/c1-3-6-4-7(5-10-2)9-8-6/h4H,3,5H2,1-2H3,(H,8,9). The maximum absolute atomic E-state index is 4.91. The van der Waals surface area contributed by atoms with Gasteiger partial charge in [-0.3, -0.25) is 5.10 Å². The third-order valence-electron chi connectivity index (χ3n) is 1.35. The molecule has 1 aromatic rings.